The van der Waals surface area contributed by atoms with Crippen LogP contribution in [0, 0.1) is 0 Å². The van der Waals surface area contributed by atoms with Crippen molar-refractivity contribution in [2.24, 2.45) is 0 Å². The fraction of sp³-hybridized carbons (Fsp3) is 0.231. The zero-order valence-electron chi connectivity index (χ0n) is 19.8. The zero-order valence-corrected chi connectivity index (χ0v) is 20.7. The van der Waals surface area contributed by atoms with Crippen LogP contribution < -0.4 is 5.32 Å². The van der Waals surface area contributed by atoms with E-state index in [0.29, 0.717) is 23.2 Å². The minimum absolute atomic E-state index is 0.0717. The van der Waals surface area contributed by atoms with Gasteiger partial charge in [0.15, 0.2) is 11.6 Å². The van der Waals surface area contributed by atoms with Gasteiger partial charge in [-0.15, -0.1) is 11.3 Å². The van der Waals surface area contributed by atoms with E-state index in [1.54, 1.807) is 17.5 Å². The number of fused-ring (bicyclic) bond motifs is 1. The second-order valence-corrected chi connectivity index (χ2v) is 9.89. The Bertz CT molecular complexity index is 1400. The zero-order chi connectivity index (χ0) is 24.5. The predicted molar refractivity (Wildman–Crippen MR) is 142 cm³/mol. The van der Waals surface area contributed by atoms with Crippen molar-refractivity contribution in [2.45, 2.75) is 18.9 Å². The van der Waals surface area contributed by atoms with Crippen LogP contribution in [0.2, 0.25) is 0 Å². The van der Waals surface area contributed by atoms with E-state index in [4.69, 9.17) is 4.98 Å². The molecule has 10 heteroatoms. The van der Waals surface area contributed by atoms with Crippen molar-refractivity contribution < 1.29 is 4.79 Å². The number of anilines is 2. The van der Waals surface area contributed by atoms with Gasteiger partial charge in [-0.3, -0.25) is 9.89 Å². The lowest BCUT2D eigenvalue weighted by atomic mass is 10.0. The molecule has 1 aromatic carbocycles. The molecule has 2 aliphatic heterocycles. The third-order valence-corrected chi connectivity index (χ3v) is 7.42. The summed E-state index contributed by atoms with van der Waals surface area (Å²) < 4.78 is 0. The van der Waals surface area contributed by atoms with E-state index in [2.05, 4.69) is 50.2 Å². The van der Waals surface area contributed by atoms with Crippen LogP contribution in [-0.2, 0) is 0 Å². The quantitative estimate of drug-likeness (QED) is 0.415. The Morgan fingerprint density at radius 2 is 1.83 bits per heavy atom. The van der Waals surface area contributed by atoms with Crippen LogP contribution in [-0.4, -0.2) is 67.0 Å². The number of carbonyl (C=O) groups excluding carboxylic acids is 1. The van der Waals surface area contributed by atoms with Crippen LogP contribution in [0.4, 0.5) is 11.5 Å². The van der Waals surface area contributed by atoms with Crippen LogP contribution in [0.5, 0.6) is 0 Å². The standard InChI is InChI=1S/C26H26N8OS/c1-32-12-14-33(15-13-32)20-8-10-34(11-9-20)26(35)18-4-6-19(7-5-18)28-25-23-21(17-27-31-23)29-24(30-25)22-3-2-16-36-22/h2-7,12-17,20H,8-11H2,1H3,(H,27,31)(H,28,29,30). The maximum absolute atomic E-state index is 13.1. The number of aromatic amines is 1. The molecule has 9 nitrogen and oxygen atoms in total. The van der Waals surface area contributed by atoms with Gasteiger partial charge in [-0.25, -0.2) is 9.97 Å². The molecule has 182 valence electrons. The Kier molecular flexibility index (Phi) is 5.86. The lowest BCUT2D eigenvalue weighted by Crippen LogP contribution is -2.44. The third-order valence-electron chi connectivity index (χ3n) is 6.56. The molecule has 0 bridgehead atoms. The first-order chi connectivity index (χ1) is 17.6. The molecular weight excluding hydrogens is 472 g/mol. The predicted octanol–water partition coefficient (Wildman–Crippen LogP) is 4.62. The molecule has 4 aromatic rings. The highest BCUT2D eigenvalue weighted by Crippen LogP contribution is 2.28. The van der Waals surface area contributed by atoms with Gasteiger partial charge in [0.1, 0.15) is 11.0 Å². The summed E-state index contributed by atoms with van der Waals surface area (Å²) in [6.45, 7) is 1.50. The van der Waals surface area contributed by atoms with Gasteiger partial charge >= 0.3 is 0 Å². The van der Waals surface area contributed by atoms with Gasteiger partial charge in [-0.1, -0.05) is 6.07 Å². The van der Waals surface area contributed by atoms with Crippen LogP contribution in [0.25, 0.3) is 21.7 Å². The minimum atomic E-state index is 0.0717. The molecule has 1 fully saturated rings. The number of amides is 1. The molecule has 36 heavy (non-hydrogen) atoms. The number of thiophene rings is 1. The fourth-order valence-corrected chi connectivity index (χ4v) is 5.19. The second-order valence-electron chi connectivity index (χ2n) is 8.94. The van der Waals surface area contributed by atoms with Crippen molar-refractivity contribution in [1.29, 1.82) is 0 Å². The summed E-state index contributed by atoms with van der Waals surface area (Å²) in [6.07, 6.45) is 11.9. The number of H-pyrrole nitrogens is 1. The van der Waals surface area contributed by atoms with Gasteiger partial charge < -0.3 is 20.0 Å². The molecule has 0 unspecified atom stereocenters. The van der Waals surface area contributed by atoms with Crippen molar-refractivity contribution in [3.05, 3.63) is 78.3 Å². The molecule has 1 saturated heterocycles. The summed E-state index contributed by atoms with van der Waals surface area (Å²) in [5, 5.41) is 12.5. The Hall–Kier alpha value is -4.18. The highest BCUT2D eigenvalue weighted by atomic mass is 32.1. The Morgan fingerprint density at radius 3 is 2.56 bits per heavy atom. The van der Waals surface area contributed by atoms with Gasteiger partial charge in [-0.05, 0) is 48.6 Å². The topological polar surface area (TPSA) is 93.3 Å². The van der Waals surface area contributed by atoms with Crippen LogP contribution in [0.1, 0.15) is 23.2 Å². The maximum Gasteiger partial charge on any atom is 0.253 e. The van der Waals surface area contributed by atoms with E-state index < -0.39 is 0 Å². The first-order valence-electron chi connectivity index (χ1n) is 11.9. The lowest BCUT2D eigenvalue weighted by Gasteiger charge is -2.37. The summed E-state index contributed by atoms with van der Waals surface area (Å²) in [5.74, 6) is 1.37. The molecule has 0 spiro atoms. The molecule has 1 amide bonds. The number of hydrogen-bond donors (Lipinski definition) is 2. The van der Waals surface area contributed by atoms with E-state index in [0.717, 1.165) is 47.5 Å². The van der Waals surface area contributed by atoms with Gasteiger partial charge in [0.2, 0.25) is 0 Å². The molecular formula is C26H26N8OS. The van der Waals surface area contributed by atoms with Gasteiger partial charge in [-0.2, -0.15) is 5.10 Å². The van der Waals surface area contributed by atoms with E-state index in [1.165, 1.54) is 0 Å². The Labute approximate surface area is 212 Å². The number of aromatic nitrogens is 4. The van der Waals surface area contributed by atoms with Gasteiger partial charge in [0.25, 0.3) is 5.91 Å². The first-order valence-corrected chi connectivity index (χ1v) is 12.8. The number of nitrogens with one attached hydrogen (secondary N) is 2. The summed E-state index contributed by atoms with van der Waals surface area (Å²) in [6, 6.07) is 12.0. The molecule has 2 aliphatic rings. The van der Waals surface area contributed by atoms with Gasteiger partial charge in [0.05, 0.1) is 11.1 Å². The second kappa shape index (κ2) is 9.46. The number of likely N-dealkylation sites (tertiary alicyclic amines) is 1. The lowest BCUT2D eigenvalue weighted by molar-refractivity contribution is 0.0679. The van der Waals surface area contributed by atoms with Crippen LogP contribution in [0.3, 0.4) is 0 Å². The fourth-order valence-electron chi connectivity index (χ4n) is 4.54. The molecule has 6 rings (SSSR count). The Balaban J connectivity index is 1.13. The maximum atomic E-state index is 13.1. The summed E-state index contributed by atoms with van der Waals surface area (Å²) in [5.41, 5.74) is 3.01. The van der Waals surface area contributed by atoms with Crippen molar-refractivity contribution in [2.75, 3.05) is 25.5 Å². The third kappa shape index (κ3) is 4.42. The molecule has 0 aliphatic carbocycles. The number of hydrogen-bond acceptors (Lipinski definition) is 8. The monoisotopic (exact) mass is 498 g/mol. The number of benzene rings is 1. The van der Waals surface area contributed by atoms with E-state index in [9.17, 15) is 4.79 Å². The molecule has 2 N–H and O–H groups in total. The van der Waals surface area contributed by atoms with Gasteiger partial charge in [0, 0.05) is 62.2 Å². The number of rotatable bonds is 5. The van der Waals surface area contributed by atoms with Crippen molar-refractivity contribution in [1.82, 2.24) is 34.9 Å². The SMILES string of the molecule is CN1C=CN(C2CCN(C(=O)c3ccc(Nc4nc(-c5cccs5)nc5cn[nH]c45)cc3)CC2)C=C1. The highest BCUT2D eigenvalue weighted by molar-refractivity contribution is 7.13. The summed E-state index contributed by atoms with van der Waals surface area (Å²) in [4.78, 5) is 29.7. The van der Waals surface area contributed by atoms with E-state index >= 15 is 0 Å². The molecule has 5 heterocycles. The molecule has 3 aromatic heterocycles. The average Bonchev–Trinajstić information content (AvgIpc) is 3.62. The van der Waals surface area contributed by atoms with E-state index in [-0.39, 0.29) is 5.91 Å². The molecule has 0 atom stereocenters. The molecule has 0 radical (unpaired) electrons. The number of nitrogens with zero attached hydrogens (tertiary/aromatic N) is 6. The highest BCUT2D eigenvalue weighted by Gasteiger charge is 2.26. The normalized spacial score (nSPS) is 16.2. The summed E-state index contributed by atoms with van der Waals surface area (Å²) in [7, 11) is 2.01. The van der Waals surface area contributed by atoms with Crippen LogP contribution in [0.15, 0.2) is 72.8 Å². The van der Waals surface area contributed by atoms with Crippen molar-refractivity contribution in [3.8, 4) is 10.7 Å². The largest absolute Gasteiger partial charge is 0.354 e. The smallest absolute Gasteiger partial charge is 0.253 e. The summed E-state index contributed by atoms with van der Waals surface area (Å²) >= 11 is 1.59. The minimum Gasteiger partial charge on any atom is -0.354 e. The average molecular weight is 499 g/mol. The number of carbonyl (C=O) groups is 1. The Morgan fingerprint density at radius 1 is 1.06 bits per heavy atom. The number of piperidine rings is 1. The van der Waals surface area contributed by atoms with Crippen molar-refractivity contribution in [3.63, 3.8) is 0 Å². The van der Waals surface area contributed by atoms with E-state index in [1.807, 2.05) is 58.6 Å². The molecule has 0 saturated carbocycles. The first kappa shape index (κ1) is 22.3. The van der Waals surface area contributed by atoms with Crippen LogP contribution >= 0.6 is 11.3 Å². The van der Waals surface area contributed by atoms with Crippen molar-refractivity contribution >= 4 is 39.8 Å².